The number of likely N-dealkylation sites (N-methyl/N-ethyl adjacent to an activating group) is 1. The summed E-state index contributed by atoms with van der Waals surface area (Å²) >= 11 is 0. The summed E-state index contributed by atoms with van der Waals surface area (Å²) in [6.45, 7) is 10.1. The highest BCUT2D eigenvalue weighted by molar-refractivity contribution is 5.97. The van der Waals surface area contributed by atoms with Crippen LogP contribution in [0.1, 0.15) is 27.0 Å². The predicted octanol–water partition coefficient (Wildman–Crippen LogP) is 2.24. The van der Waals surface area contributed by atoms with Crippen molar-refractivity contribution in [3.8, 4) is 0 Å². The van der Waals surface area contributed by atoms with E-state index in [1.165, 1.54) is 0 Å². The first kappa shape index (κ1) is 20.1. The topological polar surface area (TPSA) is 72.9 Å². The highest BCUT2D eigenvalue weighted by Gasteiger charge is 2.29. The van der Waals surface area contributed by atoms with E-state index in [0.717, 1.165) is 35.6 Å². The fourth-order valence-corrected chi connectivity index (χ4v) is 4.10. The predicted molar refractivity (Wildman–Crippen MR) is 116 cm³/mol. The summed E-state index contributed by atoms with van der Waals surface area (Å²) in [5, 5.41) is 0. The van der Waals surface area contributed by atoms with Crippen LogP contribution < -0.4 is 9.80 Å². The molecule has 2 aliphatic rings. The Morgan fingerprint density at radius 1 is 0.900 bits per heavy atom. The van der Waals surface area contributed by atoms with Gasteiger partial charge < -0.3 is 14.7 Å². The summed E-state index contributed by atoms with van der Waals surface area (Å²) in [4.78, 5) is 41.7. The van der Waals surface area contributed by atoms with Crippen LogP contribution in [-0.2, 0) is 0 Å². The highest BCUT2D eigenvalue weighted by Crippen LogP contribution is 2.23. The maximum Gasteiger partial charge on any atom is 0.325 e. The monoisotopic (exact) mass is 408 g/mol. The molecule has 0 N–H and O–H groups in total. The van der Waals surface area contributed by atoms with Gasteiger partial charge in [0.1, 0.15) is 11.6 Å². The summed E-state index contributed by atoms with van der Waals surface area (Å²) in [5.74, 6) is 1.59. The zero-order valence-corrected chi connectivity index (χ0v) is 18.1. The van der Waals surface area contributed by atoms with E-state index in [2.05, 4.69) is 27.9 Å². The van der Waals surface area contributed by atoms with Gasteiger partial charge in [-0.05, 0) is 43.5 Å². The van der Waals surface area contributed by atoms with Crippen LogP contribution >= 0.6 is 0 Å². The van der Waals surface area contributed by atoms with E-state index in [0.29, 0.717) is 37.6 Å². The first-order valence-corrected chi connectivity index (χ1v) is 10.3. The van der Waals surface area contributed by atoms with Crippen LogP contribution in [0.4, 0.5) is 16.4 Å². The Bertz CT molecular complexity index is 984. The average Bonchev–Trinajstić information content (AvgIpc) is 3.06. The molecule has 2 fully saturated rings. The summed E-state index contributed by atoms with van der Waals surface area (Å²) in [5.41, 5.74) is 3.74. The number of amides is 3. The van der Waals surface area contributed by atoms with Gasteiger partial charge in [0.25, 0.3) is 5.91 Å². The van der Waals surface area contributed by atoms with Crippen LogP contribution in [-0.4, -0.2) is 78.0 Å². The Balaban J connectivity index is 1.43. The van der Waals surface area contributed by atoms with Gasteiger partial charge in [-0.3, -0.25) is 9.69 Å². The molecule has 0 aliphatic carbocycles. The maximum absolute atomic E-state index is 13.1. The molecule has 0 radical (unpaired) electrons. The molecule has 0 bridgehead atoms. The van der Waals surface area contributed by atoms with Gasteiger partial charge in [-0.1, -0.05) is 6.07 Å². The van der Waals surface area contributed by atoms with Crippen molar-refractivity contribution in [3.05, 3.63) is 46.8 Å². The Kier molecular flexibility index (Phi) is 5.32. The van der Waals surface area contributed by atoms with E-state index in [1.807, 2.05) is 31.0 Å². The Morgan fingerprint density at radius 2 is 1.63 bits per heavy atom. The number of hydrogen-bond acceptors (Lipinski definition) is 5. The first-order chi connectivity index (χ1) is 14.3. The molecule has 0 unspecified atom stereocenters. The van der Waals surface area contributed by atoms with Gasteiger partial charge in [0, 0.05) is 58.7 Å². The molecule has 8 heteroatoms. The van der Waals surface area contributed by atoms with Crippen LogP contribution in [0.5, 0.6) is 0 Å². The third-order valence-corrected chi connectivity index (χ3v) is 5.87. The van der Waals surface area contributed by atoms with Crippen LogP contribution in [0, 0.1) is 20.8 Å². The van der Waals surface area contributed by atoms with Gasteiger partial charge >= 0.3 is 6.03 Å². The van der Waals surface area contributed by atoms with E-state index >= 15 is 0 Å². The van der Waals surface area contributed by atoms with Crippen molar-refractivity contribution < 1.29 is 9.59 Å². The number of carbonyl (C=O) groups excluding carboxylic acids is 2. The fourth-order valence-electron chi connectivity index (χ4n) is 4.10. The molecule has 0 spiro atoms. The number of anilines is 2. The number of urea groups is 1. The molecule has 2 saturated heterocycles. The number of aryl methyl sites for hydroxylation is 3. The number of pyridine rings is 2. The Morgan fingerprint density at radius 3 is 2.23 bits per heavy atom. The van der Waals surface area contributed by atoms with Gasteiger partial charge in [0.2, 0.25) is 0 Å². The van der Waals surface area contributed by atoms with Crippen molar-refractivity contribution >= 4 is 23.6 Å². The number of hydrogen-bond donors (Lipinski definition) is 0. The summed E-state index contributed by atoms with van der Waals surface area (Å²) in [6, 6.07) is 3.91. The molecule has 30 heavy (non-hydrogen) atoms. The molecule has 8 nitrogen and oxygen atoms in total. The number of nitrogens with zero attached hydrogens (tertiary/aromatic N) is 6. The van der Waals surface area contributed by atoms with Crippen LogP contribution in [0.3, 0.4) is 0 Å². The molecule has 4 heterocycles. The summed E-state index contributed by atoms with van der Waals surface area (Å²) < 4.78 is 0. The second-order valence-electron chi connectivity index (χ2n) is 8.15. The number of piperazine rings is 1. The maximum atomic E-state index is 13.1. The lowest BCUT2D eigenvalue weighted by Gasteiger charge is -2.36. The molecule has 4 rings (SSSR count). The van der Waals surface area contributed by atoms with Crippen molar-refractivity contribution in [2.75, 3.05) is 56.1 Å². The summed E-state index contributed by atoms with van der Waals surface area (Å²) in [7, 11) is 1.78. The Labute approximate surface area is 177 Å². The smallest absolute Gasteiger partial charge is 0.325 e. The second-order valence-corrected chi connectivity index (χ2v) is 8.15. The van der Waals surface area contributed by atoms with E-state index in [-0.39, 0.29) is 11.9 Å². The lowest BCUT2D eigenvalue weighted by Crippen LogP contribution is -2.49. The van der Waals surface area contributed by atoms with Crippen molar-refractivity contribution in [1.82, 2.24) is 19.8 Å². The zero-order valence-electron chi connectivity index (χ0n) is 18.1. The van der Waals surface area contributed by atoms with Gasteiger partial charge in [-0.2, -0.15) is 0 Å². The lowest BCUT2D eigenvalue weighted by atomic mass is 10.1. The molecule has 0 atom stereocenters. The molecule has 3 amide bonds. The highest BCUT2D eigenvalue weighted by atomic mass is 16.2. The average molecular weight is 409 g/mol. The van der Waals surface area contributed by atoms with Crippen LogP contribution in [0.25, 0.3) is 0 Å². The molecular formula is C22H28N6O2. The van der Waals surface area contributed by atoms with Crippen molar-refractivity contribution in [1.29, 1.82) is 0 Å². The van der Waals surface area contributed by atoms with E-state index in [4.69, 9.17) is 0 Å². The Hall–Kier alpha value is -3.16. The minimum atomic E-state index is -0.0582. The minimum Gasteiger partial charge on any atom is -0.353 e. The fraction of sp³-hybridized carbons (Fsp3) is 0.455. The van der Waals surface area contributed by atoms with Gasteiger partial charge in [0.15, 0.2) is 0 Å². The SMILES string of the molecule is Cc1cnc(N2CCN(C(=O)c3cnc(N4CCN(C)C4=O)cc3C)CC2)c(C)c1. The zero-order chi connectivity index (χ0) is 21.4. The largest absolute Gasteiger partial charge is 0.353 e. The molecule has 0 aromatic carbocycles. The van der Waals surface area contributed by atoms with E-state index < -0.39 is 0 Å². The van der Waals surface area contributed by atoms with Gasteiger partial charge in [-0.25, -0.2) is 14.8 Å². The first-order valence-electron chi connectivity index (χ1n) is 10.3. The van der Waals surface area contributed by atoms with Crippen molar-refractivity contribution in [2.45, 2.75) is 20.8 Å². The third kappa shape index (κ3) is 3.69. The molecule has 2 aliphatic heterocycles. The normalized spacial score (nSPS) is 17.1. The van der Waals surface area contributed by atoms with Crippen molar-refractivity contribution in [2.24, 2.45) is 0 Å². The molecule has 2 aromatic heterocycles. The van der Waals surface area contributed by atoms with Crippen molar-refractivity contribution in [3.63, 3.8) is 0 Å². The van der Waals surface area contributed by atoms with Gasteiger partial charge in [0.05, 0.1) is 5.56 Å². The third-order valence-electron chi connectivity index (χ3n) is 5.87. The quantitative estimate of drug-likeness (QED) is 0.779. The molecule has 0 saturated carbocycles. The molecule has 158 valence electrons. The lowest BCUT2D eigenvalue weighted by molar-refractivity contribution is 0.0745. The molecule has 2 aromatic rings. The number of rotatable bonds is 3. The van der Waals surface area contributed by atoms with E-state index in [9.17, 15) is 9.59 Å². The van der Waals surface area contributed by atoms with E-state index in [1.54, 1.807) is 23.0 Å². The summed E-state index contributed by atoms with van der Waals surface area (Å²) in [6.07, 6.45) is 3.50. The standard InChI is InChI=1S/C22H28N6O2/c1-15-11-17(3)20(24-13-15)26-6-8-27(9-7-26)21(29)18-14-23-19(12-16(18)2)28-10-5-25(4)22(28)30/h11-14H,5-10H2,1-4H3. The van der Waals surface area contributed by atoms with Crippen LogP contribution in [0.15, 0.2) is 24.5 Å². The number of carbonyl (C=O) groups is 2. The van der Waals surface area contributed by atoms with Crippen LogP contribution in [0.2, 0.25) is 0 Å². The molecular weight excluding hydrogens is 380 g/mol. The number of aromatic nitrogens is 2. The second kappa shape index (κ2) is 7.93. The van der Waals surface area contributed by atoms with Gasteiger partial charge in [-0.15, -0.1) is 0 Å². The minimum absolute atomic E-state index is 0.00958.